The number of piperidine rings is 1. The number of anilines is 2. The molecule has 2 atom stereocenters. The van der Waals surface area contributed by atoms with Gasteiger partial charge in [-0.2, -0.15) is 0 Å². The van der Waals surface area contributed by atoms with Crippen molar-refractivity contribution in [2.24, 2.45) is 17.8 Å². The summed E-state index contributed by atoms with van der Waals surface area (Å²) in [5.74, 6) is 8.21. The number of nitrogens with one attached hydrogen (secondary N) is 2. The molecule has 0 aromatic carbocycles. The highest BCUT2D eigenvalue weighted by molar-refractivity contribution is 5.97. The molecule has 0 unspecified atom stereocenters. The summed E-state index contributed by atoms with van der Waals surface area (Å²) in [6, 6.07) is 5.77. The molecule has 5 rings (SSSR count). The number of carbonyl (C=O) groups excluding carboxylic acids is 2. The average molecular weight is 514 g/mol. The van der Waals surface area contributed by atoms with Crippen LogP contribution in [0.4, 0.5) is 16.4 Å². The van der Waals surface area contributed by atoms with Crippen LogP contribution >= 0.6 is 0 Å². The van der Waals surface area contributed by atoms with Gasteiger partial charge in [-0.15, -0.1) is 10.2 Å². The van der Waals surface area contributed by atoms with Gasteiger partial charge in [0, 0.05) is 43.8 Å². The summed E-state index contributed by atoms with van der Waals surface area (Å²) in [6.45, 7) is 3.50. The zero-order valence-corrected chi connectivity index (χ0v) is 21.8. The van der Waals surface area contributed by atoms with Gasteiger partial charge < -0.3 is 20.3 Å². The Balaban J connectivity index is 1.29. The summed E-state index contributed by atoms with van der Waals surface area (Å²) in [5, 5.41) is 15.1. The van der Waals surface area contributed by atoms with Crippen molar-refractivity contribution >= 4 is 34.5 Å². The number of ether oxygens (including phenoxy) is 1. The zero-order chi connectivity index (χ0) is 26.6. The number of fused-ring (bicyclic) bond motifs is 1. The molecule has 2 fully saturated rings. The number of amides is 2. The number of pyridine rings is 2. The van der Waals surface area contributed by atoms with Crippen molar-refractivity contribution < 1.29 is 14.3 Å². The first-order valence-corrected chi connectivity index (χ1v) is 12.9. The van der Waals surface area contributed by atoms with E-state index in [9.17, 15) is 9.59 Å². The summed E-state index contributed by atoms with van der Waals surface area (Å²) < 4.78 is 4.82. The number of methoxy groups -OCH3 is 1. The molecule has 10 nitrogen and oxygen atoms in total. The average Bonchev–Trinajstić information content (AvgIpc) is 3.69. The Morgan fingerprint density at radius 1 is 1.13 bits per heavy atom. The number of hydrogen-bond acceptors (Lipinski definition) is 8. The van der Waals surface area contributed by atoms with Gasteiger partial charge in [0.2, 0.25) is 5.91 Å². The Labute approximate surface area is 221 Å². The molecule has 38 heavy (non-hydrogen) atoms. The molecule has 10 heteroatoms. The van der Waals surface area contributed by atoms with Gasteiger partial charge in [0.15, 0.2) is 11.6 Å². The second-order valence-electron chi connectivity index (χ2n) is 9.98. The standard InChI is InChI=1S/C28H31N7O3/c1-17-12-22(17)27(36)32-24-14-23-20(16-31-26(29-2)25(23)34-33-24)5-7-21-6-4-19(15-30-21)13-18-8-10-35(11-9-18)28(37)38-3/h4,6,14-18,22H,8-13H2,1-3H3,(H,29,31)(H,32,33,36)/t17-,22+/m1/s1. The number of aromatic nitrogens is 4. The number of likely N-dealkylation sites (tertiary alicyclic amines) is 1. The second-order valence-corrected chi connectivity index (χ2v) is 9.98. The summed E-state index contributed by atoms with van der Waals surface area (Å²) >= 11 is 0. The van der Waals surface area contributed by atoms with E-state index < -0.39 is 0 Å². The van der Waals surface area contributed by atoms with Gasteiger partial charge >= 0.3 is 6.09 Å². The normalized spacial score (nSPS) is 18.9. The van der Waals surface area contributed by atoms with Gasteiger partial charge in [0.05, 0.1) is 12.7 Å². The lowest BCUT2D eigenvalue weighted by molar-refractivity contribution is -0.117. The molecule has 2 amide bonds. The van der Waals surface area contributed by atoms with E-state index in [0.29, 0.717) is 40.2 Å². The molecule has 2 N–H and O–H groups in total. The Kier molecular flexibility index (Phi) is 7.36. The van der Waals surface area contributed by atoms with Crippen LogP contribution in [0.5, 0.6) is 0 Å². The van der Waals surface area contributed by atoms with Crippen LogP contribution in [-0.4, -0.2) is 64.3 Å². The first kappa shape index (κ1) is 25.4. The molecule has 2 aliphatic rings. The predicted molar refractivity (Wildman–Crippen MR) is 143 cm³/mol. The number of hydrogen-bond donors (Lipinski definition) is 2. The van der Waals surface area contributed by atoms with Crippen molar-refractivity contribution in [3.63, 3.8) is 0 Å². The minimum atomic E-state index is -0.252. The summed E-state index contributed by atoms with van der Waals surface area (Å²) in [7, 11) is 3.19. The van der Waals surface area contributed by atoms with Crippen LogP contribution in [0.15, 0.2) is 30.6 Å². The minimum absolute atomic E-state index is 0.0278. The van der Waals surface area contributed by atoms with Crippen molar-refractivity contribution in [2.75, 3.05) is 37.9 Å². The fourth-order valence-electron chi connectivity index (χ4n) is 4.81. The van der Waals surface area contributed by atoms with E-state index in [1.54, 1.807) is 24.2 Å². The molecular weight excluding hydrogens is 482 g/mol. The fourth-order valence-corrected chi connectivity index (χ4v) is 4.81. The van der Waals surface area contributed by atoms with E-state index in [1.807, 2.05) is 12.3 Å². The molecular formula is C28H31N7O3. The molecule has 3 aromatic rings. The third-order valence-corrected chi connectivity index (χ3v) is 7.29. The number of carbonyl (C=O) groups is 2. The quantitative estimate of drug-likeness (QED) is 0.498. The molecule has 196 valence electrons. The lowest BCUT2D eigenvalue weighted by Gasteiger charge is -2.30. The van der Waals surface area contributed by atoms with Crippen molar-refractivity contribution in [3.8, 4) is 11.8 Å². The molecule has 3 aromatic heterocycles. The lowest BCUT2D eigenvalue weighted by atomic mass is 9.91. The maximum absolute atomic E-state index is 12.4. The van der Waals surface area contributed by atoms with Gasteiger partial charge in [-0.3, -0.25) is 4.79 Å². The molecule has 1 aliphatic heterocycles. The van der Waals surface area contributed by atoms with E-state index in [2.05, 4.69) is 55.6 Å². The van der Waals surface area contributed by atoms with Crippen LogP contribution in [0.3, 0.4) is 0 Å². The Hall–Kier alpha value is -4.26. The minimum Gasteiger partial charge on any atom is -0.453 e. The van der Waals surface area contributed by atoms with Crippen LogP contribution in [0.25, 0.3) is 10.9 Å². The number of nitrogens with zero attached hydrogens (tertiary/aromatic N) is 5. The van der Waals surface area contributed by atoms with Crippen molar-refractivity contribution in [1.29, 1.82) is 0 Å². The molecule has 0 bridgehead atoms. The van der Waals surface area contributed by atoms with E-state index in [0.717, 1.165) is 49.7 Å². The number of rotatable bonds is 5. The Morgan fingerprint density at radius 2 is 1.92 bits per heavy atom. The topological polar surface area (TPSA) is 122 Å². The van der Waals surface area contributed by atoms with Crippen LogP contribution in [0.2, 0.25) is 0 Å². The first-order chi connectivity index (χ1) is 18.4. The van der Waals surface area contributed by atoms with Gasteiger partial charge in [-0.1, -0.05) is 18.9 Å². The van der Waals surface area contributed by atoms with Crippen molar-refractivity contribution in [1.82, 2.24) is 25.1 Å². The maximum atomic E-state index is 12.4. The summed E-state index contributed by atoms with van der Waals surface area (Å²) in [4.78, 5) is 34.8. The van der Waals surface area contributed by atoms with Crippen LogP contribution < -0.4 is 10.6 Å². The second kappa shape index (κ2) is 11.0. The van der Waals surface area contributed by atoms with E-state index in [1.165, 1.54) is 7.11 Å². The largest absolute Gasteiger partial charge is 0.453 e. The molecule has 1 aliphatic carbocycles. The Bertz CT molecular complexity index is 1410. The SMILES string of the molecule is CNc1ncc(C#Cc2ccc(CC3CCN(C(=O)OC)CC3)cn2)c2cc(NC(=O)[C@H]3C[C@H]3C)nnc12. The molecule has 4 heterocycles. The smallest absolute Gasteiger partial charge is 0.409 e. The van der Waals surface area contributed by atoms with Crippen LogP contribution in [-0.2, 0) is 16.0 Å². The van der Waals surface area contributed by atoms with E-state index in [4.69, 9.17) is 4.74 Å². The highest BCUT2D eigenvalue weighted by Crippen LogP contribution is 2.38. The zero-order valence-electron chi connectivity index (χ0n) is 21.8. The summed E-state index contributed by atoms with van der Waals surface area (Å²) in [5.41, 5.74) is 3.06. The van der Waals surface area contributed by atoms with Crippen molar-refractivity contribution in [2.45, 2.75) is 32.6 Å². The fraction of sp³-hybridized carbons (Fsp3) is 0.429. The molecule has 0 radical (unpaired) electrons. The van der Waals surface area contributed by atoms with E-state index in [-0.39, 0.29) is 17.9 Å². The highest BCUT2D eigenvalue weighted by atomic mass is 16.5. The van der Waals surface area contributed by atoms with Crippen LogP contribution in [0.1, 0.15) is 43.0 Å². The van der Waals surface area contributed by atoms with Gasteiger partial charge in [-0.25, -0.2) is 14.8 Å². The Morgan fingerprint density at radius 3 is 2.58 bits per heavy atom. The maximum Gasteiger partial charge on any atom is 0.409 e. The molecule has 1 saturated carbocycles. The predicted octanol–water partition coefficient (Wildman–Crippen LogP) is 3.48. The molecule has 0 spiro atoms. The highest BCUT2D eigenvalue weighted by Gasteiger charge is 2.39. The third-order valence-electron chi connectivity index (χ3n) is 7.29. The lowest BCUT2D eigenvalue weighted by Crippen LogP contribution is -2.38. The van der Waals surface area contributed by atoms with Gasteiger partial charge in [-0.05, 0) is 61.1 Å². The third kappa shape index (κ3) is 5.67. The van der Waals surface area contributed by atoms with Gasteiger partial charge in [0.25, 0.3) is 0 Å². The molecule has 1 saturated heterocycles. The summed E-state index contributed by atoms with van der Waals surface area (Å²) in [6.07, 6.45) is 7.02. The first-order valence-electron chi connectivity index (χ1n) is 12.9. The van der Waals surface area contributed by atoms with E-state index >= 15 is 0 Å². The monoisotopic (exact) mass is 513 g/mol. The van der Waals surface area contributed by atoms with Crippen LogP contribution in [0, 0.1) is 29.6 Å². The van der Waals surface area contributed by atoms with Gasteiger partial charge in [0.1, 0.15) is 11.2 Å². The van der Waals surface area contributed by atoms with Crippen molar-refractivity contribution in [3.05, 3.63) is 47.4 Å².